The molecule has 0 radical (unpaired) electrons. The maximum atomic E-state index is 12.5. The Morgan fingerprint density at radius 3 is 2.22 bits per heavy atom. The lowest BCUT2D eigenvalue weighted by Crippen LogP contribution is -2.37. The van der Waals surface area contributed by atoms with Gasteiger partial charge in [-0.3, -0.25) is 4.79 Å². The fourth-order valence-electron chi connectivity index (χ4n) is 2.82. The molecular formula is C21H19NO5. The Hall–Kier alpha value is -3.54. The molecule has 1 atom stereocenters. The van der Waals surface area contributed by atoms with Crippen molar-refractivity contribution in [1.29, 1.82) is 0 Å². The third-order valence-electron chi connectivity index (χ3n) is 4.32. The van der Waals surface area contributed by atoms with Gasteiger partial charge in [0.15, 0.2) is 6.10 Å². The van der Waals surface area contributed by atoms with Crippen LogP contribution in [-0.2, 0) is 9.53 Å². The van der Waals surface area contributed by atoms with Crippen LogP contribution in [0.3, 0.4) is 0 Å². The van der Waals surface area contributed by atoms with Gasteiger partial charge in [-0.05, 0) is 25.1 Å². The molecule has 1 amide bonds. The average molecular weight is 365 g/mol. The molecule has 2 N–H and O–H groups in total. The summed E-state index contributed by atoms with van der Waals surface area (Å²) in [7, 11) is 1.58. The van der Waals surface area contributed by atoms with Crippen LogP contribution in [0.25, 0.3) is 10.8 Å². The number of aromatic hydroxyl groups is 2. The number of anilines is 1. The molecule has 0 fully saturated rings. The molecule has 0 saturated heterocycles. The number of amides is 1. The maximum absolute atomic E-state index is 12.5. The first-order chi connectivity index (χ1) is 12.9. The van der Waals surface area contributed by atoms with E-state index in [9.17, 15) is 19.8 Å². The number of hydrogen-bond donors (Lipinski definition) is 2. The molecule has 0 aliphatic rings. The van der Waals surface area contributed by atoms with E-state index in [0.717, 1.165) is 6.07 Å². The Bertz CT molecular complexity index is 1000. The summed E-state index contributed by atoms with van der Waals surface area (Å²) in [6.45, 7) is 1.46. The predicted octanol–water partition coefficient (Wildman–Crippen LogP) is 3.46. The van der Waals surface area contributed by atoms with E-state index in [4.69, 9.17) is 4.74 Å². The van der Waals surface area contributed by atoms with Gasteiger partial charge in [-0.2, -0.15) is 0 Å². The second-order valence-electron chi connectivity index (χ2n) is 6.12. The summed E-state index contributed by atoms with van der Waals surface area (Å²) in [4.78, 5) is 26.4. The number of nitrogens with zero attached hydrogens (tertiary/aromatic N) is 1. The molecule has 6 nitrogen and oxygen atoms in total. The SMILES string of the molecule is C[C@H](OC(=O)c1cc(O)c2ccccc2c1O)C(=O)N(C)c1ccccc1. The van der Waals surface area contributed by atoms with Crippen LogP contribution >= 0.6 is 0 Å². The van der Waals surface area contributed by atoms with E-state index < -0.39 is 18.0 Å². The third-order valence-corrected chi connectivity index (χ3v) is 4.32. The predicted molar refractivity (Wildman–Crippen MR) is 102 cm³/mol. The van der Waals surface area contributed by atoms with Gasteiger partial charge in [-0.15, -0.1) is 0 Å². The molecule has 138 valence electrons. The summed E-state index contributed by atoms with van der Waals surface area (Å²) < 4.78 is 5.22. The van der Waals surface area contributed by atoms with Gasteiger partial charge in [0.2, 0.25) is 0 Å². The molecule has 27 heavy (non-hydrogen) atoms. The van der Waals surface area contributed by atoms with E-state index >= 15 is 0 Å². The lowest BCUT2D eigenvalue weighted by Gasteiger charge is -2.21. The standard InChI is InChI=1S/C21H19NO5/c1-13(20(25)22(2)14-8-4-3-5-9-14)27-21(26)17-12-18(23)15-10-6-7-11-16(15)19(17)24/h3-13,23-24H,1-2H3/t13-/m0/s1. The van der Waals surface area contributed by atoms with Crippen molar-refractivity contribution in [2.45, 2.75) is 13.0 Å². The van der Waals surface area contributed by atoms with Crippen LogP contribution in [0.5, 0.6) is 11.5 Å². The lowest BCUT2D eigenvalue weighted by molar-refractivity contribution is -0.126. The first-order valence-electron chi connectivity index (χ1n) is 8.37. The van der Waals surface area contributed by atoms with Crippen molar-refractivity contribution in [2.75, 3.05) is 11.9 Å². The highest BCUT2D eigenvalue weighted by atomic mass is 16.5. The van der Waals surface area contributed by atoms with Crippen molar-refractivity contribution in [1.82, 2.24) is 0 Å². The molecule has 0 saturated carbocycles. The van der Waals surface area contributed by atoms with Gasteiger partial charge in [-0.25, -0.2) is 4.79 Å². The number of carbonyl (C=O) groups excluding carboxylic acids is 2. The fourth-order valence-corrected chi connectivity index (χ4v) is 2.82. The summed E-state index contributed by atoms with van der Waals surface area (Å²) in [6.07, 6.45) is -1.07. The minimum Gasteiger partial charge on any atom is -0.507 e. The van der Waals surface area contributed by atoms with Gasteiger partial charge >= 0.3 is 5.97 Å². The summed E-state index contributed by atoms with van der Waals surface area (Å²) in [5.41, 5.74) is 0.463. The number of phenols is 2. The highest BCUT2D eigenvalue weighted by Crippen LogP contribution is 2.35. The monoisotopic (exact) mass is 365 g/mol. The first kappa shape index (κ1) is 18.3. The number of benzene rings is 3. The second-order valence-corrected chi connectivity index (χ2v) is 6.12. The number of carbonyl (C=O) groups is 2. The molecule has 0 aromatic heterocycles. The minimum atomic E-state index is -1.07. The molecule has 3 aromatic carbocycles. The van der Waals surface area contributed by atoms with E-state index in [2.05, 4.69) is 0 Å². The number of likely N-dealkylation sites (N-methyl/N-ethyl adjacent to an activating group) is 1. The quantitative estimate of drug-likeness (QED) is 0.546. The summed E-state index contributed by atoms with van der Waals surface area (Å²) in [6, 6.07) is 16.7. The second kappa shape index (κ2) is 7.37. The topological polar surface area (TPSA) is 87.1 Å². The van der Waals surface area contributed by atoms with E-state index in [1.54, 1.807) is 55.6 Å². The van der Waals surface area contributed by atoms with E-state index in [1.165, 1.54) is 11.8 Å². The summed E-state index contributed by atoms with van der Waals surface area (Å²) >= 11 is 0. The Morgan fingerprint density at radius 1 is 0.963 bits per heavy atom. The molecule has 3 rings (SSSR count). The number of hydrogen-bond acceptors (Lipinski definition) is 5. The zero-order chi connectivity index (χ0) is 19.6. The van der Waals surface area contributed by atoms with Crippen LogP contribution in [0, 0.1) is 0 Å². The van der Waals surface area contributed by atoms with Gasteiger partial charge in [0.25, 0.3) is 5.91 Å². The minimum absolute atomic E-state index is 0.157. The molecular weight excluding hydrogens is 346 g/mol. The van der Waals surface area contributed by atoms with Gasteiger partial charge in [0.1, 0.15) is 17.1 Å². The fraction of sp³-hybridized carbons (Fsp3) is 0.143. The van der Waals surface area contributed by atoms with Crippen LogP contribution in [-0.4, -0.2) is 35.2 Å². The highest BCUT2D eigenvalue weighted by molar-refractivity contribution is 6.05. The Balaban J connectivity index is 1.82. The zero-order valence-corrected chi connectivity index (χ0v) is 14.9. The normalized spacial score (nSPS) is 11.8. The molecule has 3 aromatic rings. The number of para-hydroxylation sites is 1. The lowest BCUT2D eigenvalue weighted by atomic mass is 10.0. The Morgan fingerprint density at radius 2 is 1.56 bits per heavy atom. The van der Waals surface area contributed by atoms with Gasteiger partial charge in [0.05, 0.1) is 0 Å². The molecule has 6 heteroatoms. The van der Waals surface area contributed by atoms with Gasteiger partial charge in [0, 0.05) is 23.5 Å². The van der Waals surface area contributed by atoms with Crippen LogP contribution in [0.2, 0.25) is 0 Å². The average Bonchev–Trinajstić information content (AvgIpc) is 2.70. The van der Waals surface area contributed by atoms with Gasteiger partial charge in [-0.1, -0.05) is 42.5 Å². The van der Waals surface area contributed by atoms with Crippen molar-refractivity contribution >= 4 is 28.3 Å². The number of ether oxygens (including phenoxy) is 1. The molecule has 0 bridgehead atoms. The van der Waals surface area contributed by atoms with Crippen molar-refractivity contribution < 1.29 is 24.5 Å². The van der Waals surface area contributed by atoms with E-state index in [1.807, 2.05) is 6.07 Å². The van der Waals surface area contributed by atoms with Crippen LogP contribution in [0.1, 0.15) is 17.3 Å². The number of rotatable bonds is 4. The third kappa shape index (κ3) is 3.55. The molecule has 0 aliphatic carbocycles. The Labute approximate surface area is 156 Å². The smallest absolute Gasteiger partial charge is 0.342 e. The highest BCUT2D eigenvalue weighted by Gasteiger charge is 2.25. The van der Waals surface area contributed by atoms with Crippen LogP contribution in [0.4, 0.5) is 5.69 Å². The van der Waals surface area contributed by atoms with Gasteiger partial charge < -0.3 is 19.8 Å². The van der Waals surface area contributed by atoms with Crippen molar-refractivity contribution in [3.05, 3.63) is 66.2 Å². The maximum Gasteiger partial charge on any atom is 0.342 e. The van der Waals surface area contributed by atoms with Crippen molar-refractivity contribution in [3.8, 4) is 11.5 Å². The molecule has 0 aliphatic heterocycles. The number of phenolic OH excluding ortho intramolecular Hbond substituents is 2. The molecule has 0 heterocycles. The summed E-state index contributed by atoms with van der Waals surface area (Å²) in [5.74, 6) is -1.77. The van der Waals surface area contributed by atoms with E-state index in [0.29, 0.717) is 16.5 Å². The van der Waals surface area contributed by atoms with Crippen LogP contribution < -0.4 is 4.90 Å². The number of esters is 1. The van der Waals surface area contributed by atoms with Crippen molar-refractivity contribution in [3.63, 3.8) is 0 Å². The Kier molecular flexibility index (Phi) is 4.98. The van der Waals surface area contributed by atoms with Crippen LogP contribution in [0.15, 0.2) is 60.7 Å². The largest absolute Gasteiger partial charge is 0.507 e. The zero-order valence-electron chi connectivity index (χ0n) is 14.9. The molecule has 0 unspecified atom stereocenters. The summed E-state index contributed by atoms with van der Waals surface area (Å²) in [5, 5.41) is 21.2. The molecule has 0 spiro atoms. The van der Waals surface area contributed by atoms with E-state index in [-0.39, 0.29) is 17.1 Å². The van der Waals surface area contributed by atoms with Crippen molar-refractivity contribution in [2.24, 2.45) is 0 Å². The first-order valence-corrected chi connectivity index (χ1v) is 8.37. The number of fused-ring (bicyclic) bond motifs is 1.